The van der Waals surface area contributed by atoms with Gasteiger partial charge < -0.3 is 10.6 Å². The maximum absolute atomic E-state index is 12.7. The quantitative estimate of drug-likeness (QED) is 0.705. The molecule has 1 aliphatic rings. The summed E-state index contributed by atoms with van der Waals surface area (Å²) in [5, 5.41) is 7.43. The Balaban J connectivity index is 1.67. The Morgan fingerprint density at radius 3 is 2.74 bits per heavy atom. The van der Waals surface area contributed by atoms with Crippen LogP contribution < -0.4 is 10.6 Å². The number of hydrogen-bond acceptors (Lipinski definition) is 4. The first-order valence-electron chi connectivity index (χ1n) is 8.89. The number of carbonyl (C=O) groups excluding carboxylic acids is 2. The highest BCUT2D eigenvalue weighted by molar-refractivity contribution is 7.15. The summed E-state index contributed by atoms with van der Waals surface area (Å²) >= 11 is 13.6. The fourth-order valence-corrected chi connectivity index (χ4v) is 4.62. The van der Waals surface area contributed by atoms with Gasteiger partial charge in [0, 0.05) is 34.5 Å². The lowest BCUT2D eigenvalue weighted by Gasteiger charge is -2.22. The minimum absolute atomic E-state index is 0.179. The van der Waals surface area contributed by atoms with E-state index in [0.717, 1.165) is 36.1 Å². The summed E-state index contributed by atoms with van der Waals surface area (Å²) in [6, 6.07) is 4.83. The first kappa shape index (κ1) is 20.1. The second kappa shape index (κ2) is 9.04. The first-order chi connectivity index (χ1) is 12.9. The van der Waals surface area contributed by atoms with Crippen LogP contribution in [0.4, 0.5) is 5.13 Å². The monoisotopic (exact) mass is 425 g/mol. The van der Waals surface area contributed by atoms with E-state index in [0.29, 0.717) is 21.6 Å². The number of nitrogens with zero attached hydrogens (tertiary/aromatic N) is 1. The van der Waals surface area contributed by atoms with Crippen LogP contribution in [0.2, 0.25) is 10.0 Å². The molecule has 2 N–H and O–H groups in total. The molecule has 1 fully saturated rings. The second-order valence-corrected chi connectivity index (χ2v) is 8.72. The molecule has 1 saturated carbocycles. The van der Waals surface area contributed by atoms with Crippen LogP contribution in [-0.2, 0) is 16.0 Å². The Bertz CT molecular complexity index is 834. The van der Waals surface area contributed by atoms with Crippen molar-refractivity contribution in [2.75, 3.05) is 5.32 Å². The summed E-state index contributed by atoms with van der Waals surface area (Å²) in [7, 11) is 0. The number of thiazole rings is 1. The zero-order valence-electron chi connectivity index (χ0n) is 14.9. The third-order valence-corrected chi connectivity index (χ3v) is 6.19. The molecule has 2 amide bonds. The van der Waals surface area contributed by atoms with Crippen LogP contribution in [0.25, 0.3) is 0 Å². The van der Waals surface area contributed by atoms with E-state index in [9.17, 15) is 9.59 Å². The van der Waals surface area contributed by atoms with Crippen molar-refractivity contribution < 1.29 is 9.59 Å². The molecular weight excluding hydrogens is 405 g/mol. The molecule has 3 rings (SSSR count). The van der Waals surface area contributed by atoms with Gasteiger partial charge in [-0.3, -0.25) is 9.59 Å². The largest absolute Gasteiger partial charge is 0.344 e. The van der Waals surface area contributed by atoms with Gasteiger partial charge in [-0.15, -0.1) is 11.3 Å². The van der Waals surface area contributed by atoms with E-state index in [2.05, 4.69) is 15.6 Å². The average Bonchev–Trinajstić information content (AvgIpc) is 3.28. The van der Waals surface area contributed by atoms with Crippen molar-refractivity contribution in [2.45, 2.75) is 45.1 Å². The molecule has 8 heteroatoms. The van der Waals surface area contributed by atoms with Gasteiger partial charge in [-0.25, -0.2) is 4.98 Å². The Morgan fingerprint density at radius 2 is 2.04 bits per heavy atom. The highest BCUT2D eigenvalue weighted by Gasteiger charge is 2.31. The Labute approximate surface area is 172 Å². The number of hydrogen-bond donors (Lipinski definition) is 2. The average molecular weight is 426 g/mol. The van der Waals surface area contributed by atoms with Crippen LogP contribution in [0.3, 0.4) is 0 Å². The standard InChI is InChI=1S/C19H21Cl2N3O2S/c1-11(25)23-17(12-4-2-3-5-12)18(26)24-19-22-10-15(27-19)9-13-8-14(20)6-7-16(13)21/h6-8,10,12,17H,2-5,9H2,1H3,(H,23,25)(H,22,24,26). The van der Waals surface area contributed by atoms with Crippen molar-refractivity contribution in [1.82, 2.24) is 10.3 Å². The number of anilines is 1. The number of aromatic nitrogens is 1. The predicted octanol–water partition coefficient (Wildman–Crippen LogP) is 4.67. The zero-order valence-corrected chi connectivity index (χ0v) is 17.3. The second-order valence-electron chi connectivity index (χ2n) is 6.76. The van der Waals surface area contributed by atoms with E-state index >= 15 is 0 Å². The van der Waals surface area contributed by atoms with E-state index in [1.165, 1.54) is 18.3 Å². The smallest absolute Gasteiger partial charge is 0.249 e. The lowest BCUT2D eigenvalue weighted by Crippen LogP contribution is -2.47. The van der Waals surface area contributed by atoms with E-state index < -0.39 is 6.04 Å². The molecule has 0 saturated heterocycles. The highest BCUT2D eigenvalue weighted by atomic mass is 35.5. The Hall–Kier alpha value is -1.63. The SMILES string of the molecule is CC(=O)NC(C(=O)Nc1ncc(Cc2cc(Cl)ccc2Cl)s1)C1CCCC1. The lowest BCUT2D eigenvalue weighted by atomic mass is 9.97. The van der Waals surface area contributed by atoms with Crippen molar-refractivity contribution in [1.29, 1.82) is 0 Å². The van der Waals surface area contributed by atoms with Crippen molar-refractivity contribution in [3.63, 3.8) is 0 Å². The molecule has 1 aliphatic carbocycles. The number of rotatable bonds is 6. The van der Waals surface area contributed by atoms with Crippen LogP contribution in [0.5, 0.6) is 0 Å². The summed E-state index contributed by atoms with van der Waals surface area (Å²) in [6.07, 6.45) is 6.40. The van der Waals surface area contributed by atoms with Gasteiger partial charge in [0.05, 0.1) is 0 Å². The molecule has 1 aromatic carbocycles. The Kier molecular flexibility index (Phi) is 6.73. The maximum atomic E-state index is 12.7. The van der Waals surface area contributed by atoms with E-state index in [1.54, 1.807) is 18.3 Å². The van der Waals surface area contributed by atoms with E-state index in [1.807, 2.05) is 6.07 Å². The molecule has 1 atom stereocenters. The molecule has 2 aromatic rings. The molecule has 1 heterocycles. The number of carbonyl (C=O) groups is 2. The van der Waals surface area contributed by atoms with Crippen LogP contribution in [0, 0.1) is 5.92 Å². The van der Waals surface area contributed by atoms with Crippen molar-refractivity contribution in [3.05, 3.63) is 44.9 Å². The van der Waals surface area contributed by atoms with E-state index in [-0.39, 0.29) is 17.7 Å². The van der Waals surface area contributed by atoms with Gasteiger partial charge in [0.25, 0.3) is 0 Å². The van der Waals surface area contributed by atoms with E-state index in [4.69, 9.17) is 23.2 Å². The minimum Gasteiger partial charge on any atom is -0.344 e. The van der Waals surface area contributed by atoms with Gasteiger partial charge >= 0.3 is 0 Å². The molecule has 1 unspecified atom stereocenters. The molecule has 144 valence electrons. The van der Waals surface area contributed by atoms with Crippen molar-refractivity contribution in [2.24, 2.45) is 5.92 Å². The van der Waals surface area contributed by atoms with Crippen molar-refractivity contribution in [3.8, 4) is 0 Å². The normalized spacial score (nSPS) is 15.5. The maximum Gasteiger partial charge on any atom is 0.249 e. The molecular formula is C19H21Cl2N3O2S. The van der Waals surface area contributed by atoms with Gasteiger partial charge in [-0.2, -0.15) is 0 Å². The van der Waals surface area contributed by atoms with Crippen molar-refractivity contribution >= 4 is 51.5 Å². The van der Waals surface area contributed by atoms with Crippen LogP contribution in [0.1, 0.15) is 43.0 Å². The molecule has 5 nitrogen and oxygen atoms in total. The van der Waals surface area contributed by atoms with Crippen LogP contribution in [0.15, 0.2) is 24.4 Å². The third-order valence-electron chi connectivity index (χ3n) is 4.67. The van der Waals surface area contributed by atoms with Gasteiger partial charge in [-0.1, -0.05) is 36.0 Å². The summed E-state index contributed by atoms with van der Waals surface area (Å²) in [4.78, 5) is 29.5. The topological polar surface area (TPSA) is 71.1 Å². The number of benzene rings is 1. The van der Waals surface area contributed by atoms with Gasteiger partial charge in [0.2, 0.25) is 11.8 Å². The summed E-state index contributed by atoms with van der Waals surface area (Å²) in [6.45, 7) is 1.44. The predicted molar refractivity (Wildman–Crippen MR) is 110 cm³/mol. The molecule has 1 aromatic heterocycles. The Morgan fingerprint density at radius 1 is 1.30 bits per heavy atom. The van der Waals surface area contributed by atoms with Gasteiger partial charge in [0.15, 0.2) is 5.13 Å². The highest BCUT2D eigenvalue weighted by Crippen LogP contribution is 2.30. The molecule has 27 heavy (non-hydrogen) atoms. The first-order valence-corrected chi connectivity index (χ1v) is 10.5. The zero-order chi connectivity index (χ0) is 19.4. The summed E-state index contributed by atoms with van der Waals surface area (Å²) < 4.78 is 0. The fourth-order valence-electron chi connectivity index (χ4n) is 3.40. The van der Waals surface area contributed by atoms with Gasteiger partial charge in [-0.05, 0) is 42.5 Å². The molecule has 0 radical (unpaired) electrons. The number of amides is 2. The van der Waals surface area contributed by atoms with Crippen LogP contribution >= 0.6 is 34.5 Å². The summed E-state index contributed by atoms with van der Waals surface area (Å²) in [5.74, 6) is -0.227. The number of nitrogens with one attached hydrogen (secondary N) is 2. The van der Waals surface area contributed by atoms with Gasteiger partial charge in [0.1, 0.15) is 6.04 Å². The molecule has 0 aliphatic heterocycles. The summed E-state index contributed by atoms with van der Waals surface area (Å²) in [5.41, 5.74) is 0.910. The number of halogens is 2. The lowest BCUT2D eigenvalue weighted by molar-refractivity contribution is -0.126. The minimum atomic E-state index is -0.514. The fraction of sp³-hybridized carbons (Fsp3) is 0.421. The molecule has 0 spiro atoms. The molecule has 0 bridgehead atoms. The van der Waals surface area contributed by atoms with Crippen LogP contribution in [-0.4, -0.2) is 22.8 Å². The third kappa shape index (κ3) is 5.43.